The lowest BCUT2D eigenvalue weighted by Crippen LogP contribution is -2.13. The number of aromatic nitrogens is 4. The number of nitrogens with zero attached hydrogens (tertiary/aromatic N) is 2. The van der Waals surface area contributed by atoms with Gasteiger partial charge in [0.2, 0.25) is 0 Å². The third-order valence-corrected chi connectivity index (χ3v) is 3.77. The standard InChI is InChI=1S/C10H9N5O2S/c16-18(17,10-3-4-11-14-10)15-8-2-1-7-6-12-13-9(7)5-8/h1-6,15H,(H,11,14)(H,12,13). The van der Waals surface area contributed by atoms with Crippen LogP contribution in [0, 0.1) is 0 Å². The maximum Gasteiger partial charge on any atom is 0.278 e. The van der Waals surface area contributed by atoms with Crippen molar-refractivity contribution < 1.29 is 8.42 Å². The van der Waals surface area contributed by atoms with E-state index < -0.39 is 10.0 Å². The molecule has 0 spiro atoms. The predicted molar refractivity (Wildman–Crippen MR) is 65.5 cm³/mol. The number of H-pyrrole nitrogens is 2. The predicted octanol–water partition coefficient (Wildman–Crippen LogP) is 1.09. The average molecular weight is 263 g/mol. The highest BCUT2D eigenvalue weighted by Crippen LogP contribution is 2.19. The number of rotatable bonds is 3. The van der Waals surface area contributed by atoms with Crippen LogP contribution in [0.1, 0.15) is 0 Å². The van der Waals surface area contributed by atoms with Crippen molar-refractivity contribution in [1.29, 1.82) is 0 Å². The van der Waals surface area contributed by atoms with E-state index in [1.54, 1.807) is 24.4 Å². The Morgan fingerprint density at radius 2 is 2.00 bits per heavy atom. The van der Waals surface area contributed by atoms with Gasteiger partial charge in [0.25, 0.3) is 10.0 Å². The van der Waals surface area contributed by atoms with E-state index in [1.165, 1.54) is 12.3 Å². The molecule has 0 atom stereocenters. The van der Waals surface area contributed by atoms with E-state index in [0.717, 1.165) is 10.9 Å². The Hall–Kier alpha value is -2.35. The smallest absolute Gasteiger partial charge is 0.278 e. The van der Waals surface area contributed by atoms with E-state index in [1.807, 2.05) is 0 Å². The molecule has 0 bridgehead atoms. The van der Waals surface area contributed by atoms with Gasteiger partial charge in [-0.3, -0.25) is 14.9 Å². The van der Waals surface area contributed by atoms with Gasteiger partial charge in [-0.1, -0.05) is 0 Å². The summed E-state index contributed by atoms with van der Waals surface area (Å²) in [5, 5.41) is 13.6. The van der Waals surface area contributed by atoms with Crippen LogP contribution in [0.25, 0.3) is 10.9 Å². The minimum atomic E-state index is -3.62. The van der Waals surface area contributed by atoms with E-state index in [4.69, 9.17) is 0 Å². The molecule has 0 fully saturated rings. The van der Waals surface area contributed by atoms with Crippen molar-refractivity contribution in [2.24, 2.45) is 0 Å². The van der Waals surface area contributed by atoms with Crippen molar-refractivity contribution in [3.63, 3.8) is 0 Å². The van der Waals surface area contributed by atoms with E-state index in [9.17, 15) is 8.42 Å². The highest BCUT2D eigenvalue weighted by molar-refractivity contribution is 7.92. The van der Waals surface area contributed by atoms with E-state index in [-0.39, 0.29) is 5.03 Å². The Bertz CT molecular complexity index is 776. The summed E-state index contributed by atoms with van der Waals surface area (Å²) in [7, 11) is -3.62. The maximum absolute atomic E-state index is 11.9. The SMILES string of the molecule is O=S(=O)(Nc1ccc2cn[nH]c2c1)c1ccn[nH]1. The van der Waals surface area contributed by atoms with Gasteiger partial charge in [-0.25, -0.2) is 0 Å². The average Bonchev–Trinajstić information content (AvgIpc) is 2.99. The summed E-state index contributed by atoms with van der Waals surface area (Å²) >= 11 is 0. The molecule has 3 rings (SSSR count). The summed E-state index contributed by atoms with van der Waals surface area (Å²) in [5.41, 5.74) is 1.22. The number of sulfonamides is 1. The largest absolute Gasteiger partial charge is 0.278 e. The molecule has 0 saturated carbocycles. The zero-order chi connectivity index (χ0) is 12.6. The van der Waals surface area contributed by atoms with E-state index in [0.29, 0.717) is 5.69 Å². The van der Waals surface area contributed by atoms with Crippen molar-refractivity contribution in [1.82, 2.24) is 20.4 Å². The van der Waals surface area contributed by atoms with Crippen LogP contribution < -0.4 is 4.72 Å². The normalized spacial score (nSPS) is 11.8. The fraction of sp³-hybridized carbons (Fsp3) is 0. The number of anilines is 1. The van der Waals surface area contributed by atoms with Gasteiger partial charge in [0, 0.05) is 5.39 Å². The molecule has 0 radical (unpaired) electrons. The molecule has 7 nitrogen and oxygen atoms in total. The lowest BCUT2D eigenvalue weighted by Gasteiger charge is -2.05. The Morgan fingerprint density at radius 3 is 2.78 bits per heavy atom. The summed E-state index contributed by atoms with van der Waals surface area (Å²) in [5.74, 6) is 0. The number of aromatic amines is 2. The summed E-state index contributed by atoms with van der Waals surface area (Å²) in [6, 6.07) is 6.52. The van der Waals surface area contributed by atoms with Gasteiger partial charge >= 0.3 is 0 Å². The second-order valence-corrected chi connectivity index (χ2v) is 5.35. The van der Waals surface area contributed by atoms with E-state index in [2.05, 4.69) is 25.1 Å². The molecule has 3 N–H and O–H groups in total. The van der Waals surface area contributed by atoms with Crippen molar-refractivity contribution in [2.75, 3.05) is 4.72 Å². The minimum Gasteiger partial charge on any atom is -0.278 e. The molecule has 0 aliphatic heterocycles. The van der Waals surface area contributed by atoms with Gasteiger partial charge in [-0.05, 0) is 24.3 Å². The molecule has 2 aromatic heterocycles. The first-order valence-electron chi connectivity index (χ1n) is 5.10. The fourth-order valence-corrected chi connectivity index (χ4v) is 2.56. The summed E-state index contributed by atoms with van der Waals surface area (Å²) in [6.45, 7) is 0. The molecule has 92 valence electrons. The van der Waals surface area contributed by atoms with Crippen LogP contribution in [0.4, 0.5) is 5.69 Å². The number of hydrogen-bond acceptors (Lipinski definition) is 4. The minimum absolute atomic E-state index is 0.0206. The molecule has 3 aromatic rings. The number of hydrogen-bond donors (Lipinski definition) is 3. The molecule has 1 aromatic carbocycles. The van der Waals surface area contributed by atoms with Gasteiger partial charge in [0.15, 0.2) is 5.03 Å². The lowest BCUT2D eigenvalue weighted by atomic mass is 10.2. The van der Waals surface area contributed by atoms with Gasteiger partial charge in [0.05, 0.1) is 23.6 Å². The van der Waals surface area contributed by atoms with Gasteiger partial charge in [0.1, 0.15) is 0 Å². The van der Waals surface area contributed by atoms with E-state index >= 15 is 0 Å². The maximum atomic E-state index is 11.9. The van der Waals surface area contributed by atoms with Crippen LogP contribution in [-0.2, 0) is 10.0 Å². The van der Waals surface area contributed by atoms with Crippen LogP contribution in [0.3, 0.4) is 0 Å². The highest BCUT2D eigenvalue weighted by Gasteiger charge is 2.15. The zero-order valence-electron chi connectivity index (χ0n) is 9.08. The number of benzene rings is 1. The highest BCUT2D eigenvalue weighted by atomic mass is 32.2. The fourth-order valence-electron chi connectivity index (χ4n) is 1.60. The number of fused-ring (bicyclic) bond motifs is 1. The third kappa shape index (κ3) is 1.82. The molecular formula is C10H9N5O2S. The quantitative estimate of drug-likeness (QED) is 0.658. The first-order valence-corrected chi connectivity index (χ1v) is 6.59. The molecule has 18 heavy (non-hydrogen) atoms. The van der Waals surface area contributed by atoms with Crippen molar-refractivity contribution in [3.05, 3.63) is 36.7 Å². The summed E-state index contributed by atoms with van der Waals surface area (Å²) in [4.78, 5) is 0. The molecule has 0 unspecified atom stereocenters. The molecule has 0 saturated heterocycles. The molecule has 0 amide bonds. The van der Waals surface area contributed by atoms with Crippen molar-refractivity contribution in [2.45, 2.75) is 5.03 Å². The number of nitrogens with one attached hydrogen (secondary N) is 3. The Balaban J connectivity index is 1.97. The molecule has 2 heterocycles. The Labute approximate surface area is 102 Å². The van der Waals surface area contributed by atoms with Gasteiger partial charge in [-0.2, -0.15) is 18.6 Å². The zero-order valence-corrected chi connectivity index (χ0v) is 9.90. The van der Waals surface area contributed by atoms with Crippen LogP contribution in [-0.4, -0.2) is 28.8 Å². The lowest BCUT2D eigenvalue weighted by molar-refractivity contribution is 0.597. The van der Waals surface area contributed by atoms with Gasteiger partial charge < -0.3 is 0 Å². The molecule has 8 heteroatoms. The molecule has 0 aliphatic rings. The Kier molecular flexibility index (Phi) is 2.30. The second-order valence-electron chi connectivity index (χ2n) is 3.70. The van der Waals surface area contributed by atoms with Crippen LogP contribution in [0.15, 0.2) is 41.7 Å². The van der Waals surface area contributed by atoms with Crippen LogP contribution in [0.2, 0.25) is 0 Å². The Morgan fingerprint density at radius 1 is 1.11 bits per heavy atom. The summed E-state index contributed by atoms with van der Waals surface area (Å²) in [6.07, 6.45) is 3.05. The third-order valence-electron chi connectivity index (χ3n) is 2.46. The molecular weight excluding hydrogens is 254 g/mol. The topological polar surface area (TPSA) is 104 Å². The molecule has 0 aliphatic carbocycles. The first-order chi connectivity index (χ1) is 8.65. The summed E-state index contributed by atoms with van der Waals surface area (Å²) < 4.78 is 26.3. The van der Waals surface area contributed by atoms with Crippen molar-refractivity contribution in [3.8, 4) is 0 Å². The monoisotopic (exact) mass is 263 g/mol. The van der Waals surface area contributed by atoms with Crippen LogP contribution in [0.5, 0.6) is 0 Å². The second kappa shape index (κ2) is 3.84. The van der Waals surface area contributed by atoms with Gasteiger partial charge in [-0.15, -0.1) is 0 Å². The first kappa shape index (κ1) is 10.8. The van der Waals surface area contributed by atoms with Crippen molar-refractivity contribution >= 4 is 26.6 Å². The van der Waals surface area contributed by atoms with Crippen LogP contribution >= 0.6 is 0 Å².